The largest absolute Gasteiger partial charge is 0.387 e. The topological polar surface area (TPSA) is 90.5 Å². The first-order chi connectivity index (χ1) is 12.5. The number of carbonyl (C=O) groups is 2. The number of benzene rings is 2. The van der Waals surface area contributed by atoms with Crippen molar-refractivity contribution in [2.75, 3.05) is 11.9 Å². The lowest BCUT2D eigenvalue weighted by Gasteiger charge is -2.13. The number of carbonyl (C=O) groups excluding carboxylic acids is 2. The number of hydrogen-bond acceptors (Lipinski definition) is 3. The van der Waals surface area contributed by atoms with E-state index in [0.29, 0.717) is 17.3 Å². The van der Waals surface area contributed by atoms with Crippen LogP contribution in [0.15, 0.2) is 48.5 Å². The van der Waals surface area contributed by atoms with Gasteiger partial charge in [-0.2, -0.15) is 0 Å². The second-order valence-corrected chi connectivity index (χ2v) is 6.59. The summed E-state index contributed by atoms with van der Waals surface area (Å²) >= 11 is 0. The summed E-state index contributed by atoms with van der Waals surface area (Å²) in [5.41, 5.74) is 2.97. The van der Waals surface area contributed by atoms with E-state index in [1.807, 2.05) is 31.2 Å². The molecule has 2 aromatic rings. The average Bonchev–Trinajstić information content (AvgIpc) is 3.44. The van der Waals surface area contributed by atoms with Crippen molar-refractivity contribution in [2.24, 2.45) is 0 Å². The van der Waals surface area contributed by atoms with Gasteiger partial charge in [-0.1, -0.05) is 29.8 Å². The number of aryl methyl sites for hydroxylation is 1. The van der Waals surface area contributed by atoms with E-state index >= 15 is 0 Å². The molecule has 0 aliphatic heterocycles. The quantitative estimate of drug-likeness (QED) is 0.644. The van der Waals surface area contributed by atoms with Crippen LogP contribution in [0.1, 0.15) is 40.4 Å². The Morgan fingerprint density at radius 3 is 2.35 bits per heavy atom. The molecule has 1 aliphatic rings. The van der Waals surface area contributed by atoms with Crippen molar-refractivity contribution in [1.29, 1.82) is 0 Å². The van der Waals surface area contributed by atoms with Crippen LogP contribution in [0.25, 0.3) is 0 Å². The zero-order chi connectivity index (χ0) is 18.5. The van der Waals surface area contributed by atoms with Crippen molar-refractivity contribution in [2.45, 2.75) is 31.9 Å². The molecule has 1 fully saturated rings. The van der Waals surface area contributed by atoms with Gasteiger partial charge in [-0.25, -0.2) is 4.79 Å². The molecule has 0 aromatic heterocycles. The van der Waals surface area contributed by atoms with Crippen LogP contribution in [0.3, 0.4) is 0 Å². The van der Waals surface area contributed by atoms with E-state index in [9.17, 15) is 14.7 Å². The number of aliphatic hydroxyl groups is 1. The van der Waals surface area contributed by atoms with Crippen LogP contribution in [-0.2, 0) is 0 Å². The third-order valence-electron chi connectivity index (χ3n) is 4.24. The Bertz CT molecular complexity index is 768. The molecule has 0 heterocycles. The summed E-state index contributed by atoms with van der Waals surface area (Å²) in [6.45, 7) is 2.11. The van der Waals surface area contributed by atoms with Crippen molar-refractivity contribution >= 4 is 17.6 Å². The maximum absolute atomic E-state index is 12.2. The highest BCUT2D eigenvalue weighted by Gasteiger charge is 2.23. The van der Waals surface area contributed by atoms with Crippen LogP contribution >= 0.6 is 0 Å². The van der Waals surface area contributed by atoms with Crippen molar-refractivity contribution in [1.82, 2.24) is 10.6 Å². The minimum Gasteiger partial charge on any atom is -0.387 e. The van der Waals surface area contributed by atoms with Gasteiger partial charge in [-0.05, 0) is 49.6 Å². The maximum Gasteiger partial charge on any atom is 0.319 e. The molecule has 2 aromatic carbocycles. The SMILES string of the molecule is Cc1ccc([C@@H](O)CNC(=O)c2ccc(NC(=O)NC3CC3)cc2)cc1. The third kappa shape index (κ3) is 5.07. The summed E-state index contributed by atoms with van der Waals surface area (Å²) in [6.07, 6.45) is 1.30. The Kier molecular flexibility index (Phi) is 5.53. The Labute approximate surface area is 152 Å². The lowest BCUT2D eigenvalue weighted by atomic mass is 10.1. The zero-order valence-electron chi connectivity index (χ0n) is 14.7. The highest BCUT2D eigenvalue weighted by molar-refractivity contribution is 5.95. The molecule has 0 spiro atoms. The summed E-state index contributed by atoms with van der Waals surface area (Å²) in [4.78, 5) is 23.9. The normalized spacial score (nSPS) is 14.4. The van der Waals surface area contributed by atoms with Crippen LogP contribution in [0.2, 0.25) is 0 Å². The minimum atomic E-state index is -0.758. The van der Waals surface area contributed by atoms with E-state index in [4.69, 9.17) is 0 Å². The lowest BCUT2D eigenvalue weighted by molar-refractivity contribution is 0.0916. The van der Waals surface area contributed by atoms with Gasteiger partial charge in [-0.3, -0.25) is 4.79 Å². The monoisotopic (exact) mass is 353 g/mol. The molecule has 6 nitrogen and oxygen atoms in total. The molecule has 4 N–H and O–H groups in total. The van der Waals surface area contributed by atoms with E-state index < -0.39 is 6.10 Å². The van der Waals surface area contributed by atoms with Gasteiger partial charge in [0, 0.05) is 23.8 Å². The Balaban J connectivity index is 1.49. The number of nitrogens with one attached hydrogen (secondary N) is 3. The molecule has 136 valence electrons. The van der Waals surface area contributed by atoms with Gasteiger partial charge < -0.3 is 21.1 Å². The Morgan fingerprint density at radius 1 is 1.08 bits per heavy atom. The van der Waals surface area contributed by atoms with Crippen LogP contribution < -0.4 is 16.0 Å². The van der Waals surface area contributed by atoms with E-state index in [0.717, 1.165) is 24.0 Å². The maximum atomic E-state index is 12.2. The van der Waals surface area contributed by atoms with E-state index in [1.165, 1.54) is 0 Å². The molecular formula is C20H23N3O3. The second-order valence-electron chi connectivity index (χ2n) is 6.59. The molecule has 26 heavy (non-hydrogen) atoms. The number of rotatable bonds is 6. The van der Waals surface area contributed by atoms with Gasteiger partial charge in [0.05, 0.1) is 6.10 Å². The van der Waals surface area contributed by atoms with Crippen LogP contribution in [0, 0.1) is 6.92 Å². The predicted molar refractivity (Wildman–Crippen MR) is 100 cm³/mol. The predicted octanol–water partition coefficient (Wildman–Crippen LogP) is 2.74. The highest BCUT2D eigenvalue weighted by Crippen LogP contribution is 2.19. The van der Waals surface area contributed by atoms with Crippen molar-refractivity contribution in [3.63, 3.8) is 0 Å². The number of aliphatic hydroxyl groups excluding tert-OH is 1. The highest BCUT2D eigenvalue weighted by atomic mass is 16.3. The average molecular weight is 353 g/mol. The molecule has 3 rings (SSSR count). The molecule has 0 radical (unpaired) electrons. The molecule has 0 saturated heterocycles. The van der Waals surface area contributed by atoms with Gasteiger partial charge in [0.2, 0.25) is 0 Å². The third-order valence-corrected chi connectivity index (χ3v) is 4.24. The number of urea groups is 1. The fraction of sp³-hybridized carbons (Fsp3) is 0.300. The zero-order valence-corrected chi connectivity index (χ0v) is 14.7. The van der Waals surface area contributed by atoms with Gasteiger partial charge in [-0.15, -0.1) is 0 Å². The van der Waals surface area contributed by atoms with Crippen molar-refractivity contribution in [3.05, 3.63) is 65.2 Å². The van der Waals surface area contributed by atoms with Gasteiger partial charge in [0.1, 0.15) is 0 Å². The van der Waals surface area contributed by atoms with Gasteiger partial charge in [0.25, 0.3) is 5.91 Å². The number of anilines is 1. The van der Waals surface area contributed by atoms with Crippen LogP contribution in [0.4, 0.5) is 10.5 Å². The van der Waals surface area contributed by atoms with Gasteiger partial charge >= 0.3 is 6.03 Å². The molecule has 1 atom stereocenters. The minimum absolute atomic E-state index is 0.131. The fourth-order valence-corrected chi connectivity index (χ4v) is 2.48. The summed E-state index contributed by atoms with van der Waals surface area (Å²) in [6, 6.07) is 14.2. The first-order valence-corrected chi connectivity index (χ1v) is 8.71. The summed E-state index contributed by atoms with van der Waals surface area (Å²) in [7, 11) is 0. The molecule has 3 amide bonds. The fourth-order valence-electron chi connectivity index (χ4n) is 2.48. The number of amides is 3. The Morgan fingerprint density at radius 2 is 1.73 bits per heavy atom. The first-order valence-electron chi connectivity index (χ1n) is 8.71. The van der Waals surface area contributed by atoms with Crippen LogP contribution in [0.5, 0.6) is 0 Å². The van der Waals surface area contributed by atoms with Crippen molar-refractivity contribution < 1.29 is 14.7 Å². The second kappa shape index (κ2) is 8.01. The van der Waals surface area contributed by atoms with E-state index in [-0.39, 0.29) is 18.5 Å². The summed E-state index contributed by atoms with van der Waals surface area (Å²) in [5.74, 6) is -0.273. The molecule has 1 saturated carbocycles. The number of hydrogen-bond donors (Lipinski definition) is 4. The summed E-state index contributed by atoms with van der Waals surface area (Å²) < 4.78 is 0. The molecular weight excluding hydrogens is 330 g/mol. The van der Waals surface area contributed by atoms with Gasteiger partial charge in [0.15, 0.2) is 0 Å². The van der Waals surface area contributed by atoms with E-state index in [1.54, 1.807) is 24.3 Å². The summed E-state index contributed by atoms with van der Waals surface area (Å²) in [5, 5.41) is 18.4. The molecule has 1 aliphatic carbocycles. The smallest absolute Gasteiger partial charge is 0.319 e. The first kappa shape index (κ1) is 17.9. The van der Waals surface area contributed by atoms with E-state index in [2.05, 4.69) is 16.0 Å². The Hall–Kier alpha value is -2.86. The molecule has 0 unspecified atom stereocenters. The van der Waals surface area contributed by atoms with Crippen LogP contribution in [-0.4, -0.2) is 29.6 Å². The lowest BCUT2D eigenvalue weighted by Crippen LogP contribution is -2.30. The molecule has 6 heteroatoms. The standard InChI is InChI=1S/C20H23N3O3/c1-13-2-4-14(5-3-13)18(24)12-21-19(25)15-6-8-16(9-7-15)22-20(26)23-17-10-11-17/h2-9,17-18,24H,10-12H2,1H3,(H,21,25)(H2,22,23,26)/t18-/m0/s1. The van der Waals surface area contributed by atoms with Crippen molar-refractivity contribution in [3.8, 4) is 0 Å². The molecule has 0 bridgehead atoms.